The van der Waals surface area contributed by atoms with Crippen LogP contribution < -0.4 is 4.74 Å². The van der Waals surface area contributed by atoms with Crippen LogP contribution in [-0.4, -0.2) is 18.7 Å². The van der Waals surface area contributed by atoms with Gasteiger partial charge in [-0.25, -0.2) is 4.79 Å². The second kappa shape index (κ2) is 3.62. The Morgan fingerprint density at radius 1 is 1.32 bits per heavy atom. The van der Waals surface area contributed by atoms with Crippen molar-refractivity contribution in [2.24, 2.45) is 5.92 Å². The summed E-state index contributed by atoms with van der Waals surface area (Å²) in [7, 11) is 1.67. The quantitative estimate of drug-likeness (QED) is 0.763. The van der Waals surface area contributed by atoms with E-state index in [2.05, 4.69) is 12.1 Å². The van der Waals surface area contributed by atoms with Crippen LogP contribution in [-0.2, 0) is 9.53 Å². The van der Waals surface area contributed by atoms with Gasteiger partial charge in [0, 0.05) is 12.0 Å². The fraction of sp³-hybridized carbons (Fsp3) is 0.438. The third-order valence-corrected chi connectivity index (χ3v) is 4.89. The van der Waals surface area contributed by atoms with Crippen molar-refractivity contribution in [3.8, 4) is 5.75 Å². The minimum absolute atomic E-state index is 0.158. The average Bonchev–Trinajstić information content (AvgIpc) is 3.04. The Balaban J connectivity index is 1.75. The molecule has 0 aromatic heterocycles. The van der Waals surface area contributed by atoms with Crippen LogP contribution in [0.5, 0.6) is 5.75 Å². The van der Waals surface area contributed by atoms with Gasteiger partial charge in [0.1, 0.15) is 11.4 Å². The molecule has 1 aromatic carbocycles. The van der Waals surface area contributed by atoms with Crippen LogP contribution >= 0.6 is 0 Å². The zero-order valence-electron chi connectivity index (χ0n) is 10.9. The van der Waals surface area contributed by atoms with Gasteiger partial charge in [0.25, 0.3) is 0 Å². The van der Waals surface area contributed by atoms with Gasteiger partial charge in [-0.1, -0.05) is 12.1 Å². The molecule has 3 atom stereocenters. The maximum atomic E-state index is 11.6. The summed E-state index contributed by atoms with van der Waals surface area (Å²) in [4.78, 5) is 11.6. The van der Waals surface area contributed by atoms with Crippen LogP contribution in [0.1, 0.15) is 30.7 Å². The molecule has 0 saturated heterocycles. The van der Waals surface area contributed by atoms with Gasteiger partial charge in [0.05, 0.1) is 7.11 Å². The molecule has 0 N–H and O–H groups in total. The molecular formula is C16H16O3. The molecule has 1 aromatic rings. The van der Waals surface area contributed by atoms with Crippen molar-refractivity contribution in [1.29, 1.82) is 0 Å². The van der Waals surface area contributed by atoms with E-state index in [-0.39, 0.29) is 11.6 Å². The number of methoxy groups -OCH3 is 1. The molecule has 0 amide bonds. The van der Waals surface area contributed by atoms with E-state index in [4.69, 9.17) is 9.47 Å². The lowest BCUT2D eigenvalue weighted by Gasteiger charge is -2.28. The molecular weight excluding hydrogens is 240 g/mol. The molecule has 2 bridgehead atoms. The van der Waals surface area contributed by atoms with Gasteiger partial charge >= 0.3 is 5.97 Å². The van der Waals surface area contributed by atoms with Crippen molar-refractivity contribution in [3.63, 3.8) is 0 Å². The molecule has 2 aliphatic carbocycles. The van der Waals surface area contributed by atoms with Crippen LogP contribution in [0.25, 0.3) is 0 Å². The second-order valence-electron chi connectivity index (χ2n) is 5.77. The fourth-order valence-electron chi connectivity index (χ4n) is 4.12. The Kier molecular flexibility index (Phi) is 2.12. The summed E-state index contributed by atoms with van der Waals surface area (Å²) in [5.41, 5.74) is 2.22. The first-order valence-corrected chi connectivity index (χ1v) is 6.81. The van der Waals surface area contributed by atoms with Gasteiger partial charge in [0.2, 0.25) is 0 Å². The molecule has 3 aliphatic rings. The molecule has 1 heterocycles. The average molecular weight is 256 g/mol. The highest BCUT2D eigenvalue weighted by atomic mass is 16.6. The maximum Gasteiger partial charge on any atom is 0.331 e. The number of hydrogen-bond acceptors (Lipinski definition) is 3. The summed E-state index contributed by atoms with van der Waals surface area (Å²) >= 11 is 0. The topological polar surface area (TPSA) is 35.5 Å². The number of ether oxygens (including phenoxy) is 2. The zero-order chi connectivity index (χ0) is 13.0. The van der Waals surface area contributed by atoms with Crippen molar-refractivity contribution in [2.45, 2.75) is 30.8 Å². The lowest BCUT2D eigenvalue weighted by Crippen LogP contribution is -2.27. The van der Waals surface area contributed by atoms with Gasteiger partial charge < -0.3 is 9.47 Å². The highest BCUT2D eigenvalue weighted by Gasteiger charge is 2.59. The SMILES string of the molecule is COc1ccc(C2C3=CC(=O)OC34CCC2C4)cc1. The summed E-state index contributed by atoms with van der Waals surface area (Å²) in [5.74, 6) is 1.68. The second-order valence-corrected chi connectivity index (χ2v) is 5.77. The van der Waals surface area contributed by atoms with E-state index >= 15 is 0 Å². The summed E-state index contributed by atoms with van der Waals surface area (Å²) in [5, 5.41) is 0. The molecule has 2 fully saturated rings. The molecule has 3 heteroatoms. The first-order valence-electron chi connectivity index (χ1n) is 6.81. The Morgan fingerprint density at radius 2 is 2.11 bits per heavy atom. The standard InChI is InChI=1S/C16H16O3/c1-18-12-4-2-10(3-5-12)15-11-6-7-16(9-11)13(15)8-14(17)19-16/h2-5,8,11,15H,6-7,9H2,1H3. The first-order chi connectivity index (χ1) is 9.22. The number of carbonyl (C=O) groups is 1. The van der Waals surface area contributed by atoms with Crippen LogP contribution in [0, 0.1) is 5.92 Å². The zero-order valence-corrected chi connectivity index (χ0v) is 10.9. The molecule has 4 rings (SSSR count). The van der Waals surface area contributed by atoms with E-state index in [0.717, 1.165) is 25.0 Å². The van der Waals surface area contributed by atoms with Gasteiger partial charge in [0.15, 0.2) is 0 Å². The third kappa shape index (κ3) is 1.41. The van der Waals surface area contributed by atoms with Crippen LogP contribution in [0.2, 0.25) is 0 Å². The summed E-state index contributed by atoms with van der Waals surface area (Å²) in [6.07, 6.45) is 4.89. The Bertz CT molecular complexity index is 572. The summed E-state index contributed by atoms with van der Waals surface area (Å²) in [6.45, 7) is 0. The number of carbonyl (C=O) groups excluding carboxylic acids is 1. The fourth-order valence-corrected chi connectivity index (χ4v) is 4.12. The summed E-state index contributed by atoms with van der Waals surface area (Å²) in [6, 6.07) is 8.21. The predicted octanol–water partition coefficient (Wildman–Crippen LogP) is 2.81. The molecule has 0 radical (unpaired) electrons. The Morgan fingerprint density at radius 3 is 2.84 bits per heavy atom. The third-order valence-electron chi connectivity index (χ3n) is 4.89. The van der Waals surface area contributed by atoms with E-state index in [1.165, 1.54) is 11.1 Å². The smallest absolute Gasteiger partial charge is 0.331 e. The molecule has 1 spiro atoms. The number of fused-ring (bicyclic) bond motifs is 1. The lowest BCUT2D eigenvalue weighted by atomic mass is 9.78. The molecule has 19 heavy (non-hydrogen) atoms. The molecule has 3 unspecified atom stereocenters. The number of esters is 1. The molecule has 3 nitrogen and oxygen atoms in total. The number of rotatable bonds is 2. The maximum absolute atomic E-state index is 11.6. The van der Waals surface area contributed by atoms with E-state index < -0.39 is 0 Å². The normalized spacial score (nSPS) is 35.0. The van der Waals surface area contributed by atoms with Gasteiger partial charge in [-0.05, 0) is 48.4 Å². The van der Waals surface area contributed by atoms with E-state index in [0.29, 0.717) is 11.8 Å². The minimum atomic E-state index is -0.258. The highest BCUT2D eigenvalue weighted by molar-refractivity contribution is 5.88. The van der Waals surface area contributed by atoms with Crippen molar-refractivity contribution >= 4 is 5.97 Å². The predicted molar refractivity (Wildman–Crippen MR) is 70.0 cm³/mol. The Hall–Kier alpha value is -1.77. The number of hydrogen-bond donors (Lipinski definition) is 0. The van der Waals surface area contributed by atoms with Crippen LogP contribution in [0.3, 0.4) is 0 Å². The first kappa shape index (κ1) is 11.1. The van der Waals surface area contributed by atoms with Gasteiger partial charge in [-0.15, -0.1) is 0 Å². The summed E-state index contributed by atoms with van der Waals surface area (Å²) < 4.78 is 10.8. The van der Waals surface area contributed by atoms with E-state index in [1.807, 2.05) is 12.1 Å². The van der Waals surface area contributed by atoms with Crippen LogP contribution in [0.15, 0.2) is 35.9 Å². The van der Waals surface area contributed by atoms with E-state index in [9.17, 15) is 4.79 Å². The van der Waals surface area contributed by atoms with Crippen molar-refractivity contribution < 1.29 is 14.3 Å². The van der Waals surface area contributed by atoms with E-state index in [1.54, 1.807) is 13.2 Å². The van der Waals surface area contributed by atoms with Crippen molar-refractivity contribution in [2.75, 3.05) is 7.11 Å². The van der Waals surface area contributed by atoms with Gasteiger partial charge in [-0.2, -0.15) is 0 Å². The minimum Gasteiger partial charge on any atom is -0.497 e. The molecule has 98 valence electrons. The van der Waals surface area contributed by atoms with Crippen LogP contribution in [0.4, 0.5) is 0 Å². The largest absolute Gasteiger partial charge is 0.497 e. The molecule has 1 aliphatic heterocycles. The molecule has 2 saturated carbocycles. The van der Waals surface area contributed by atoms with Crippen molar-refractivity contribution in [3.05, 3.63) is 41.5 Å². The highest BCUT2D eigenvalue weighted by Crippen LogP contribution is 2.62. The van der Waals surface area contributed by atoms with Gasteiger partial charge in [-0.3, -0.25) is 0 Å². The number of benzene rings is 1. The Labute approximate surface area is 112 Å². The monoisotopic (exact) mass is 256 g/mol. The van der Waals surface area contributed by atoms with Crippen molar-refractivity contribution in [1.82, 2.24) is 0 Å². The lowest BCUT2D eigenvalue weighted by molar-refractivity contribution is -0.145.